The third-order valence-electron chi connectivity index (χ3n) is 3.53. The van der Waals surface area contributed by atoms with Crippen LogP contribution in [-0.2, 0) is 16.1 Å². The molecule has 24 heavy (non-hydrogen) atoms. The van der Waals surface area contributed by atoms with E-state index in [1.54, 1.807) is 13.2 Å². The molecular weight excluding hydrogens is 312 g/mol. The largest absolute Gasteiger partial charge is 0.497 e. The zero-order valence-electron chi connectivity index (χ0n) is 13.0. The number of benzene rings is 2. The summed E-state index contributed by atoms with van der Waals surface area (Å²) in [7, 11) is 1.60. The summed E-state index contributed by atoms with van der Waals surface area (Å²) in [5, 5.41) is 9.16. The van der Waals surface area contributed by atoms with Crippen LogP contribution in [0.25, 0.3) is 0 Å². The molecule has 0 amide bonds. The van der Waals surface area contributed by atoms with Crippen molar-refractivity contribution >= 4 is 5.97 Å². The standard InChI is InChI=1S/C18H16O6/c1-21-14-5-2-12(3-6-14)11-24-16-10-13(17(19)20)4-7-15(16)18-22-8-9-23-18/h2-10,18H,11H2,1H3,(H,19,20). The van der Waals surface area contributed by atoms with E-state index >= 15 is 0 Å². The molecule has 124 valence electrons. The summed E-state index contributed by atoms with van der Waals surface area (Å²) in [5.41, 5.74) is 1.68. The highest BCUT2D eigenvalue weighted by Crippen LogP contribution is 2.33. The predicted molar refractivity (Wildman–Crippen MR) is 84.8 cm³/mol. The van der Waals surface area contributed by atoms with Crippen LogP contribution in [0.1, 0.15) is 27.8 Å². The number of aromatic carboxylic acids is 1. The van der Waals surface area contributed by atoms with Crippen LogP contribution in [0.2, 0.25) is 0 Å². The average Bonchev–Trinajstić information content (AvgIpc) is 3.14. The highest BCUT2D eigenvalue weighted by atomic mass is 16.7. The van der Waals surface area contributed by atoms with Crippen LogP contribution in [0, 0.1) is 0 Å². The van der Waals surface area contributed by atoms with Crippen LogP contribution in [0.5, 0.6) is 11.5 Å². The summed E-state index contributed by atoms with van der Waals surface area (Å²) in [6.45, 7) is 0.278. The molecule has 0 aromatic heterocycles. The maximum Gasteiger partial charge on any atom is 0.335 e. The Labute approximate surface area is 138 Å². The molecule has 2 aromatic carbocycles. The maximum absolute atomic E-state index is 11.2. The molecule has 1 N–H and O–H groups in total. The minimum absolute atomic E-state index is 0.134. The van der Waals surface area contributed by atoms with Gasteiger partial charge < -0.3 is 24.1 Å². The van der Waals surface area contributed by atoms with E-state index in [1.165, 1.54) is 24.7 Å². The van der Waals surface area contributed by atoms with Crippen LogP contribution in [0.4, 0.5) is 0 Å². The Balaban J connectivity index is 1.80. The second kappa shape index (κ2) is 6.95. The fourth-order valence-corrected chi connectivity index (χ4v) is 2.26. The van der Waals surface area contributed by atoms with Crippen molar-refractivity contribution in [1.29, 1.82) is 0 Å². The third-order valence-corrected chi connectivity index (χ3v) is 3.53. The average molecular weight is 328 g/mol. The lowest BCUT2D eigenvalue weighted by Crippen LogP contribution is -2.06. The molecule has 3 rings (SSSR count). The smallest absolute Gasteiger partial charge is 0.335 e. The van der Waals surface area contributed by atoms with Crippen LogP contribution in [-0.4, -0.2) is 18.2 Å². The predicted octanol–water partition coefficient (Wildman–Crippen LogP) is 3.49. The number of ether oxygens (including phenoxy) is 4. The number of carbonyl (C=O) groups is 1. The quantitative estimate of drug-likeness (QED) is 0.875. The van der Waals surface area contributed by atoms with Crippen molar-refractivity contribution in [2.24, 2.45) is 0 Å². The molecule has 1 heterocycles. The number of carboxylic acid groups (broad SMARTS) is 1. The van der Waals surface area contributed by atoms with E-state index in [0.29, 0.717) is 11.3 Å². The van der Waals surface area contributed by atoms with Crippen LogP contribution >= 0.6 is 0 Å². The van der Waals surface area contributed by atoms with Gasteiger partial charge in [0.25, 0.3) is 6.29 Å². The number of rotatable bonds is 6. The van der Waals surface area contributed by atoms with Gasteiger partial charge >= 0.3 is 5.97 Å². The summed E-state index contributed by atoms with van der Waals surface area (Å²) in [6.07, 6.45) is 2.23. The Morgan fingerprint density at radius 2 is 1.83 bits per heavy atom. The van der Waals surface area contributed by atoms with Crippen LogP contribution in [0.3, 0.4) is 0 Å². The molecule has 0 bridgehead atoms. The highest BCUT2D eigenvalue weighted by molar-refractivity contribution is 5.88. The van der Waals surface area contributed by atoms with E-state index in [4.69, 9.17) is 24.1 Å². The lowest BCUT2D eigenvalue weighted by molar-refractivity contribution is -0.0266. The van der Waals surface area contributed by atoms with E-state index in [1.807, 2.05) is 24.3 Å². The zero-order chi connectivity index (χ0) is 16.9. The first kappa shape index (κ1) is 15.7. The van der Waals surface area contributed by atoms with E-state index in [-0.39, 0.29) is 12.2 Å². The fraction of sp³-hybridized carbons (Fsp3) is 0.167. The topological polar surface area (TPSA) is 74.2 Å². The molecule has 2 aromatic rings. The normalized spacial score (nSPS) is 13.2. The molecule has 0 aliphatic carbocycles. The Bertz CT molecular complexity index is 743. The van der Waals surface area contributed by atoms with Crippen molar-refractivity contribution in [2.45, 2.75) is 12.9 Å². The van der Waals surface area contributed by atoms with Gasteiger partial charge in [-0.1, -0.05) is 12.1 Å². The summed E-state index contributed by atoms with van der Waals surface area (Å²) < 4.78 is 21.6. The van der Waals surface area contributed by atoms with Gasteiger partial charge in [-0.3, -0.25) is 0 Å². The van der Waals surface area contributed by atoms with Gasteiger partial charge in [-0.2, -0.15) is 0 Å². The van der Waals surface area contributed by atoms with Crippen molar-refractivity contribution in [1.82, 2.24) is 0 Å². The van der Waals surface area contributed by atoms with Gasteiger partial charge in [0.2, 0.25) is 0 Å². The minimum Gasteiger partial charge on any atom is -0.497 e. The van der Waals surface area contributed by atoms with Gasteiger partial charge in [-0.25, -0.2) is 4.79 Å². The Morgan fingerprint density at radius 3 is 2.46 bits per heavy atom. The lowest BCUT2D eigenvalue weighted by Gasteiger charge is -2.16. The molecule has 6 heteroatoms. The van der Waals surface area contributed by atoms with Crippen molar-refractivity contribution in [3.05, 3.63) is 71.7 Å². The van der Waals surface area contributed by atoms with E-state index < -0.39 is 12.3 Å². The summed E-state index contributed by atoms with van der Waals surface area (Å²) in [4.78, 5) is 11.2. The maximum atomic E-state index is 11.2. The van der Waals surface area contributed by atoms with Gasteiger partial charge in [0.05, 0.1) is 18.2 Å². The van der Waals surface area contributed by atoms with Crippen molar-refractivity contribution in [2.75, 3.05) is 7.11 Å². The Morgan fingerprint density at radius 1 is 1.12 bits per heavy atom. The molecule has 0 spiro atoms. The SMILES string of the molecule is COc1ccc(COc2cc(C(=O)O)ccc2C2OC=CO2)cc1. The summed E-state index contributed by atoms with van der Waals surface area (Å²) in [5.74, 6) is 0.132. The van der Waals surface area contributed by atoms with Gasteiger partial charge in [0.1, 0.15) is 30.6 Å². The number of methoxy groups -OCH3 is 1. The molecule has 1 aliphatic rings. The first-order valence-corrected chi connectivity index (χ1v) is 7.26. The van der Waals surface area contributed by atoms with E-state index in [2.05, 4.69) is 0 Å². The van der Waals surface area contributed by atoms with Crippen molar-refractivity contribution < 1.29 is 28.8 Å². The number of hydrogen-bond donors (Lipinski definition) is 1. The molecule has 1 aliphatic heterocycles. The summed E-state index contributed by atoms with van der Waals surface area (Å²) in [6, 6.07) is 12.0. The van der Waals surface area contributed by atoms with E-state index in [9.17, 15) is 4.79 Å². The third kappa shape index (κ3) is 3.43. The molecule has 6 nitrogen and oxygen atoms in total. The summed E-state index contributed by atoms with van der Waals surface area (Å²) >= 11 is 0. The monoisotopic (exact) mass is 328 g/mol. The molecule has 0 unspecified atom stereocenters. The number of carboxylic acids is 1. The second-order valence-electron chi connectivity index (χ2n) is 5.07. The Kier molecular flexibility index (Phi) is 4.56. The lowest BCUT2D eigenvalue weighted by atomic mass is 10.1. The van der Waals surface area contributed by atoms with Crippen LogP contribution in [0.15, 0.2) is 55.0 Å². The first-order chi connectivity index (χ1) is 11.7. The fourth-order valence-electron chi connectivity index (χ4n) is 2.26. The Hall–Kier alpha value is -3.15. The van der Waals surface area contributed by atoms with Gasteiger partial charge in [0, 0.05) is 0 Å². The van der Waals surface area contributed by atoms with Gasteiger partial charge in [-0.15, -0.1) is 0 Å². The molecule has 0 radical (unpaired) electrons. The molecule has 0 fully saturated rings. The van der Waals surface area contributed by atoms with Crippen LogP contribution < -0.4 is 9.47 Å². The van der Waals surface area contributed by atoms with E-state index in [0.717, 1.165) is 11.3 Å². The van der Waals surface area contributed by atoms with Crippen molar-refractivity contribution in [3.8, 4) is 11.5 Å². The molecule has 0 saturated carbocycles. The molecule has 0 atom stereocenters. The second-order valence-corrected chi connectivity index (χ2v) is 5.07. The van der Waals surface area contributed by atoms with Crippen molar-refractivity contribution in [3.63, 3.8) is 0 Å². The minimum atomic E-state index is -1.03. The highest BCUT2D eigenvalue weighted by Gasteiger charge is 2.22. The zero-order valence-corrected chi connectivity index (χ0v) is 13.0. The molecular formula is C18H16O6. The first-order valence-electron chi connectivity index (χ1n) is 7.26. The molecule has 0 saturated heterocycles. The van der Waals surface area contributed by atoms with Gasteiger partial charge in [0.15, 0.2) is 0 Å². The number of hydrogen-bond acceptors (Lipinski definition) is 5. The van der Waals surface area contributed by atoms with Gasteiger partial charge in [-0.05, 0) is 35.9 Å².